The first-order chi connectivity index (χ1) is 19.9. The molecule has 3 rings (SSSR count). The van der Waals surface area contributed by atoms with Crippen molar-refractivity contribution in [2.45, 2.75) is 105 Å². The van der Waals surface area contributed by atoms with Crippen LogP contribution in [0.15, 0.2) is 0 Å². The number of nitrogens with two attached hydrogens (primary N) is 2. The maximum absolute atomic E-state index is 13.9. The molecule has 246 valence electrons. The Bertz CT molecular complexity index is 854. The molecule has 2 aliphatic heterocycles. The first-order valence-corrected chi connectivity index (χ1v) is 13.9. The summed E-state index contributed by atoms with van der Waals surface area (Å²) in [5, 5.41) is 97.7. The summed E-state index contributed by atoms with van der Waals surface area (Å²) in [5.74, 6) is -2.41. The van der Waals surface area contributed by atoms with Crippen molar-refractivity contribution in [1.29, 1.82) is 0 Å². The number of alkyl halides is 1. The summed E-state index contributed by atoms with van der Waals surface area (Å²) in [4.78, 5) is 12.6. The summed E-state index contributed by atoms with van der Waals surface area (Å²) >= 11 is 0. The smallest absolute Gasteiger partial charge is 0.252 e. The number of halogens is 1. The van der Waals surface area contributed by atoms with E-state index in [4.69, 9.17) is 30.8 Å². The van der Waals surface area contributed by atoms with Gasteiger partial charge in [0.25, 0.3) is 5.91 Å². The van der Waals surface area contributed by atoms with Gasteiger partial charge < -0.3 is 82.3 Å². The Labute approximate surface area is 241 Å². The minimum atomic E-state index is -2.17. The fourth-order valence-electron chi connectivity index (χ4n) is 5.71. The van der Waals surface area contributed by atoms with Crippen LogP contribution in [-0.2, 0) is 19.0 Å². The third-order valence-electron chi connectivity index (χ3n) is 8.08. The van der Waals surface area contributed by atoms with E-state index < -0.39 is 117 Å². The number of aliphatic hydroxyl groups is 9. The molecular formula is C24H45FN4O13. The van der Waals surface area contributed by atoms with Crippen molar-refractivity contribution in [2.24, 2.45) is 17.4 Å². The minimum absolute atomic E-state index is 0.0465. The lowest BCUT2D eigenvalue weighted by Gasteiger charge is -2.51. The van der Waals surface area contributed by atoms with E-state index in [1.807, 2.05) is 0 Å². The van der Waals surface area contributed by atoms with E-state index in [-0.39, 0.29) is 32.5 Å². The quantitative estimate of drug-likeness (QED) is 0.0906. The molecule has 3 unspecified atom stereocenters. The molecule has 1 aliphatic carbocycles. The predicted molar refractivity (Wildman–Crippen MR) is 138 cm³/mol. The van der Waals surface area contributed by atoms with Crippen molar-refractivity contribution in [3.8, 4) is 0 Å². The number of hydrogen-bond donors (Lipinski definition) is 13. The van der Waals surface area contributed by atoms with Gasteiger partial charge in [-0.15, -0.1) is 0 Å². The van der Waals surface area contributed by atoms with Crippen molar-refractivity contribution < 1.29 is 69.4 Å². The van der Waals surface area contributed by atoms with Gasteiger partial charge in [0.2, 0.25) is 0 Å². The lowest BCUT2D eigenvalue weighted by atomic mass is 9.72. The van der Waals surface area contributed by atoms with Crippen LogP contribution in [0.4, 0.5) is 4.39 Å². The van der Waals surface area contributed by atoms with E-state index in [0.29, 0.717) is 0 Å². The number of carbonyl (C=O) groups is 1. The maximum Gasteiger partial charge on any atom is 0.252 e. The summed E-state index contributed by atoms with van der Waals surface area (Å²) < 4.78 is 31.2. The molecule has 42 heavy (non-hydrogen) atoms. The lowest BCUT2D eigenvalue weighted by Crippen LogP contribution is -2.70. The van der Waals surface area contributed by atoms with E-state index in [9.17, 15) is 50.0 Å². The number of nitrogens with one attached hydrogen (secondary N) is 2. The van der Waals surface area contributed by atoms with E-state index in [1.165, 1.54) is 0 Å². The molecule has 0 spiro atoms. The van der Waals surface area contributed by atoms with Gasteiger partial charge in [-0.25, -0.2) is 4.39 Å². The van der Waals surface area contributed by atoms with Crippen LogP contribution in [0, 0.1) is 5.92 Å². The average molecular weight is 617 g/mol. The maximum atomic E-state index is 13.9. The third-order valence-corrected chi connectivity index (χ3v) is 8.08. The molecule has 1 saturated carbocycles. The fraction of sp³-hybridized carbons (Fsp3) is 0.958. The van der Waals surface area contributed by atoms with Gasteiger partial charge in [0.05, 0.1) is 43.7 Å². The minimum Gasteiger partial charge on any atom is -0.395 e. The van der Waals surface area contributed by atoms with Gasteiger partial charge in [0, 0.05) is 38.0 Å². The highest BCUT2D eigenvalue weighted by Gasteiger charge is 2.55. The van der Waals surface area contributed by atoms with Gasteiger partial charge in [-0.3, -0.25) is 4.79 Å². The molecule has 1 amide bonds. The van der Waals surface area contributed by atoms with Gasteiger partial charge in [-0.2, -0.15) is 0 Å². The van der Waals surface area contributed by atoms with Crippen molar-refractivity contribution in [3.05, 3.63) is 0 Å². The monoisotopic (exact) mass is 616 g/mol. The standard InChI is InChI=1S/C24H45FN4O13/c25-8(5-26)16(34)23(39)29-10-3-9(27)15(22-20(38)19(37)17(35)13(40-22)6-28-1-2-30)18(36)21(10)42-24-12(33)4-11(32)14(7-31)41-24/h8-22,24,28,30-38H,1-7,26-27H2,(H,29,39)/t8?,9-,10+,11-,12+,13+,14+,15?,16?,17+,18-,19-,20+,21-,22+,24+/m0/s1. The molecule has 2 heterocycles. The predicted octanol–water partition coefficient (Wildman–Crippen LogP) is -7.52. The SMILES string of the molecule is NCC(F)C(O)C(=O)N[C@@H]1C[C@H](N)C([C@H]2O[C@H](CNCCO)[C@@H](O)[C@H](O)[C@H]2O)[C@H](O)[C@H]1O[C@H]1O[C@H](CO)[C@@H](O)C[C@H]1O. The molecule has 0 aromatic rings. The van der Waals surface area contributed by atoms with Crippen LogP contribution in [0.1, 0.15) is 12.8 Å². The summed E-state index contributed by atoms with van der Waals surface area (Å²) in [5.41, 5.74) is 11.6. The highest BCUT2D eigenvalue weighted by Crippen LogP contribution is 2.37. The van der Waals surface area contributed by atoms with Crippen molar-refractivity contribution in [3.63, 3.8) is 0 Å². The average Bonchev–Trinajstić information content (AvgIpc) is 2.95. The summed E-state index contributed by atoms with van der Waals surface area (Å²) in [6.07, 6.45) is -20.9. The molecule has 18 heteroatoms. The second kappa shape index (κ2) is 15.7. The van der Waals surface area contributed by atoms with Crippen LogP contribution in [-0.4, -0.2) is 176 Å². The molecule has 0 bridgehead atoms. The zero-order chi connectivity index (χ0) is 31.3. The van der Waals surface area contributed by atoms with Gasteiger partial charge >= 0.3 is 0 Å². The Kier molecular flexibility index (Phi) is 13.2. The Balaban J connectivity index is 1.89. The molecule has 3 aliphatic rings. The molecule has 2 saturated heterocycles. The van der Waals surface area contributed by atoms with E-state index in [1.54, 1.807) is 0 Å². The molecule has 16 atom stereocenters. The van der Waals surface area contributed by atoms with Crippen molar-refractivity contribution in [2.75, 3.05) is 32.8 Å². The van der Waals surface area contributed by atoms with Gasteiger partial charge in [-0.05, 0) is 6.42 Å². The van der Waals surface area contributed by atoms with Crippen LogP contribution >= 0.6 is 0 Å². The second-order valence-corrected chi connectivity index (χ2v) is 11.0. The Morgan fingerprint density at radius 2 is 1.67 bits per heavy atom. The van der Waals surface area contributed by atoms with Crippen LogP contribution in [0.3, 0.4) is 0 Å². The number of carbonyl (C=O) groups excluding carboxylic acids is 1. The largest absolute Gasteiger partial charge is 0.395 e. The highest BCUT2D eigenvalue weighted by atomic mass is 19.1. The molecule has 15 N–H and O–H groups in total. The normalized spacial score (nSPS) is 44.4. The van der Waals surface area contributed by atoms with Crippen molar-refractivity contribution >= 4 is 5.91 Å². The molecule has 17 nitrogen and oxygen atoms in total. The summed E-state index contributed by atoms with van der Waals surface area (Å²) in [6, 6.07) is -2.30. The third kappa shape index (κ3) is 7.89. The molecule has 0 aromatic carbocycles. The van der Waals surface area contributed by atoms with Crippen LogP contribution in [0.5, 0.6) is 0 Å². The number of aliphatic hydroxyl groups excluding tert-OH is 9. The van der Waals surface area contributed by atoms with Crippen molar-refractivity contribution in [1.82, 2.24) is 10.6 Å². The van der Waals surface area contributed by atoms with Gasteiger partial charge in [-0.1, -0.05) is 0 Å². The highest BCUT2D eigenvalue weighted by molar-refractivity contribution is 5.81. The Morgan fingerprint density at radius 1 is 0.976 bits per heavy atom. The number of ether oxygens (including phenoxy) is 3. The van der Waals surface area contributed by atoms with Crippen LogP contribution in [0.25, 0.3) is 0 Å². The van der Waals surface area contributed by atoms with E-state index in [0.717, 1.165) is 0 Å². The molecular weight excluding hydrogens is 571 g/mol. The zero-order valence-corrected chi connectivity index (χ0v) is 22.9. The number of amides is 1. The first-order valence-electron chi connectivity index (χ1n) is 13.9. The Hall–Kier alpha value is -1.20. The second-order valence-electron chi connectivity index (χ2n) is 11.0. The molecule has 0 aromatic heterocycles. The fourth-order valence-corrected chi connectivity index (χ4v) is 5.71. The van der Waals surface area contributed by atoms with Crippen LogP contribution in [0.2, 0.25) is 0 Å². The van der Waals surface area contributed by atoms with Gasteiger partial charge in [0.1, 0.15) is 42.8 Å². The zero-order valence-electron chi connectivity index (χ0n) is 22.9. The molecule has 3 fully saturated rings. The lowest BCUT2D eigenvalue weighted by molar-refractivity contribution is -0.306. The van der Waals surface area contributed by atoms with E-state index >= 15 is 0 Å². The van der Waals surface area contributed by atoms with Crippen LogP contribution < -0.4 is 22.1 Å². The topological polar surface area (TPSA) is 303 Å². The van der Waals surface area contributed by atoms with Gasteiger partial charge in [0.15, 0.2) is 12.4 Å². The van der Waals surface area contributed by atoms with E-state index in [2.05, 4.69) is 10.6 Å². The Morgan fingerprint density at radius 3 is 2.29 bits per heavy atom. The summed E-state index contributed by atoms with van der Waals surface area (Å²) in [7, 11) is 0. The summed E-state index contributed by atoms with van der Waals surface area (Å²) in [6.45, 7) is -1.42. The first kappa shape index (κ1) is 35.3. The molecule has 0 radical (unpaired) electrons. The number of hydrogen-bond acceptors (Lipinski definition) is 16. The number of rotatable bonds is 12.